The van der Waals surface area contributed by atoms with Crippen molar-refractivity contribution < 1.29 is 22.7 Å². The van der Waals surface area contributed by atoms with Crippen LogP contribution in [-0.4, -0.2) is 38.8 Å². The van der Waals surface area contributed by atoms with Gasteiger partial charge in [-0.25, -0.2) is 8.42 Å². The maximum absolute atomic E-state index is 12.3. The molecule has 0 bridgehead atoms. The van der Waals surface area contributed by atoms with Crippen LogP contribution >= 0.6 is 0 Å². The van der Waals surface area contributed by atoms with Gasteiger partial charge in [0.1, 0.15) is 11.5 Å². The number of aromatic amines is 1. The fourth-order valence-corrected chi connectivity index (χ4v) is 3.59. The second kappa shape index (κ2) is 9.41. The molecule has 2 aromatic rings. The van der Waals surface area contributed by atoms with E-state index in [2.05, 4.69) is 10.3 Å². The predicted molar refractivity (Wildman–Crippen MR) is 107 cm³/mol. The van der Waals surface area contributed by atoms with Crippen LogP contribution in [0.3, 0.4) is 0 Å². The zero-order chi connectivity index (χ0) is 20.7. The number of hydrogen-bond donors (Lipinski definition) is 2. The molecule has 0 saturated heterocycles. The van der Waals surface area contributed by atoms with Gasteiger partial charge >= 0.3 is 0 Å². The van der Waals surface area contributed by atoms with Gasteiger partial charge in [-0.1, -0.05) is 26.0 Å². The maximum atomic E-state index is 12.3. The van der Waals surface area contributed by atoms with Crippen LogP contribution in [0.1, 0.15) is 19.5 Å². The number of H-pyrrole nitrogens is 1. The van der Waals surface area contributed by atoms with Crippen LogP contribution in [0.4, 0.5) is 5.69 Å². The number of carbonyl (C=O) groups excluding carboxylic acids is 1. The first-order valence-electron chi connectivity index (χ1n) is 8.68. The second-order valence-corrected chi connectivity index (χ2v) is 8.74. The Balaban J connectivity index is 2.02. The molecule has 9 heteroatoms. The third-order valence-electron chi connectivity index (χ3n) is 3.62. The van der Waals surface area contributed by atoms with Gasteiger partial charge in [0, 0.05) is 18.0 Å². The molecule has 0 fully saturated rings. The topological polar surface area (TPSA) is 115 Å². The van der Waals surface area contributed by atoms with Gasteiger partial charge in [-0.2, -0.15) is 0 Å². The largest absolute Gasteiger partial charge is 0.495 e. The van der Waals surface area contributed by atoms with E-state index in [1.54, 1.807) is 24.3 Å². The first-order chi connectivity index (χ1) is 13.2. The minimum absolute atomic E-state index is 0.128. The number of anilines is 1. The summed E-state index contributed by atoms with van der Waals surface area (Å²) in [4.78, 5) is 26.9. The molecular weight excluding hydrogens is 384 g/mol. The molecule has 152 valence electrons. The van der Waals surface area contributed by atoms with Crippen molar-refractivity contribution in [1.29, 1.82) is 0 Å². The zero-order valence-electron chi connectivity index (χ0n) is 16.0. The molecule has 0 aliphatic heterocycles. The highest BCUT2D eigenvalue weighted by molar-refractivity contribution is 7.91. The second-order valence-electron chi connectivity index (χ2n) is 6.67. The standard InChI is InChI=1S/C19H24N2O6S/c1-13(2)10-27-18-9-20-14(8-16(18)22)11-28(24,25)12-19(23)21-15-6-4-5-7-17(15)26-3/h4-9,13H,10-12H2,1-3H3,(H,20,22)(H,21,23). The van der Waals surface area contributed by atoms with E-state index < -0.39 is 32.7 Å². The summed E-state index contributed by atoms with van der Waals surface area (Å²) in [5.74, 6) is -1.08. The molecule has 0 spiro atoms. The minimum Gasteiger partial charge on any atom is -0.495 e. The molecule has 0 aliphatic rings. The van der Waals surface area contributed by atoms with E-state index in [4.69, 9.17) is 9.47 Å². The van der Waals surface area contributed by atoms with Crippen molar-refractivity contribution in [1.82, 2.24) is 4.98 Å². The summed E-state index contributed by atoms with van der Waals surface area (Å²) in [6.45, 7) is 4.28. The first-order valence-corrected chi connectivity index (χ1v) is 10.5. The number of methoxy groups -OCH3 is 1. The van der Waals surface area contributed by atoms with E-state index in [0.717, 1.165) is 0 Å². The highest BCUT2D eigenvalue weighted by Crippen LogP contribution is 2.23. The van der Waals surface area contributed by atoms with Crippen LogP contribution < -0.4 is 20.2 Å². The summed E-state index contributed by atoms with van der Waals surface area (Å²) in [6, 6.07) is 7.86. The van der Waals surface area contributed by atoms with Crippen molar-refractivity contribution in [3.63, 3.8) is 0 Å². The molecule has 0 atom stereocenters. The lowest BCUT2D eigenvalue weighted by Gasteiger charge is -2.11. The third-order valence-corrected chi connectivity index (χ3v) is 5.07. The summed E-state index contributed by atoms with van der Waals surface area (Å²) < 4.78 is 35.1. The van der Waals surface area contributed by atoms with E-state index in [1.165, 1.54) is 19.4 Å². The van der Waals surface area contributed by atoms with E-state index in [1.807, 2.05) is 13.8 Å². The zero-order valence-corrected chi connectivity index (χ0v) is 16.8. The van der Waals surface area contributed by atoms with Gasteiger partial charge in [0.25, 0.3) is 0 Å². The van der Waals surface area contributed by atoms with Gasteiger partial charge in [0.2, 0.25) is 11.3 Å². The van der Waals surface area contributed by atoms with Crippen molar-refractivity contribution in [2.75, 3.05) is 24.8 Å². The lowest BCUT2D eigenvalue weighted by atomic mass is 10.2. The number of amides is 1. The molecule has 0 saturated carbocycles. The quantitative estimate of drug-likeness (QED) is 0.656. The number of para-hydroxylation sites is 2. The van der Waals surface area contributed by atoms with Gasteiger partial charge in [-0.05, 0) is 18.1 Å². The molecule has 0 radical (unpaired) electrons. The number of nitrogens with one attached hydrogen (secondary N) is 2. The summed E-state index contributed by atoms with van der Waals surface area (Å²) in [5.41, 5.74) is 0.153. The van der Waals surface area contributed by atoms with Gasteiger partial charge in [0.05, 0.1) is 25.2 Å². The summed E-state index contributed by atoms with van der Waals surface area (Å²) in [6.07, 6.45) is 1.34. The molecule has 1 amide bonds. The van der Waals surface area contributed by atoms with Crippen molar-refractivity contribution in [3.05, 3.63) is 52.4 Å². The van der Waals surface area contributed by atoms with Crippen molar-refractivity contribution in [2.24, 2.45) is 5.92 Å². The van der Waals surface area contributed by atoms with Crippen LogP contribution in [0, 0.1) is 5.92 Å². The number of aromatic nitrogens is 1. The Labute approximate surface area is 163 Å². The lowest BCUT2D eigenvalue weighted by molar-refractivity contribution is -0.113. The van der Waals surface area contributed by atoms with Crippen LogP contribution in [0.15, 0.2) is 41.3 Å². The molecule has 0 aliphatic carbocycles. The molecule has 8 nitrogen and oxygen atoms in total. The van der Waals surface area contributed by atoms with Crippen LogP contribution in [0.5, 0.6) is 11.5 Å². The molecule has 1 aromatic carbocycles. The molecular formula is C19H24N2O6S. The summed E-state index contributed by atoms with van der Waals surface area (Å²) >= 11 is 0. The molecule has 28 heavy (non-hydrogen) atoms. The summed E-state index contributed by atoms with van der Waals surface area (Å²) in [5, 5.41) is 2.52. The number of hydrogen-bond acceptors (Lipinski definition) is 6. The van der Waals surface area contributed by atoms with E-state index >= 15 is 0 Å². The number of carbonyl (C=O) groups is 1. The molecule has 2 N–H and O–H groups in total. The smallest absolute Gasteiger partial charge is 0.239 e. The number of rotatable bonds is 9. The van der Waals surface area contributed by atoms with Crippen LogP contribution in [-0.2, 0) is 20.4 Å². The lowest BCUT2D eigenvalue weighted by Crippen LogP contribution is -2.24. The maximum Gasteiger partial charge on any atom is 0.239 e. The predicted octanol–water partition coefficient (Wildman–Crippen LogP) is 1.97. The molecule has 2 rings (SSSR count). The number of benzene rings is 1. The number of ether oxygens (including phenoxy) is 2. The van der Waals surface area contributed by atoms with Gasteiger partial charge in [0.15, 0.2) is 15.6 Å². The Morgan fingerprint density at radius 3 is 2.57 bits per heavy atom. The fourth-order valence-electron chi connectivity index (χ4n) is 2.37. The Hall–Kier alpha value is -2.81. The average Bonchev–Trinajstić information content (AvgIpc) is 2.60. The van der Waals surface area contributed by atoms with Gasteiger partial charge in [-0.15, -0.1) is 0 Å². The fraction of sp³-hybridized carbons (Fsp3) is 0.368. The van der Waals surface area contributed by atoms with Crippen LogP contribution in [0.25, 0.3) is 0 Å². The molecule has 0 unspecified atom stereocenters. The normalized spacial score (nSPS) is 11.3. The van der Waals surface area contributed by atoms with E-state index in [-0.39, 0.29) is 17.4 Å². The number of sulfone groups is 1. The Kier molecular flexibility index (Phi) is 7.22. The van der Waals surface area contributed by atoms with Crippen molar-refractivity contribution in [3.8, 4) is 11.5 Å². The first kappa shape index (κ1) is 21.5. The molecule has 1 aromatic heterocycles. The monoisotopic (exact) mass is 408 g/mol. The van der Waals surface area contributed by atoms with Crippen LogP contribution in [0.2, 0.25) is 0 Å². The highest BCUT2D eigenvalue weighted by Gasteiger charge is 2.19. The SMILES string of the molecule is COc1ccccc1NC(=O)CS(=O)(=O)Cc1cc(=O)c(OCC(C)C)c[nH]1. The average molecular weight is 408 g/mol. The Morgan fingerprint density at radius 1 is 1.21 bits per heavy atom. The van der Waals surface area contributed by atoms with Crippen molar-refractivity contribution >= 4 is 21.4 Å². The minimum atomic E-state index is -3.79. The Bertz CT molecular complexity index is 982. The van der Waals surface area contributed by atoms with Gasteiger partial charge < -0.3 is 19.8 Å². The number of pyridine rings is 1. The molecule has 1 heterocycles. The Morgan fingerprint density at radius 2 is 1.93 bits per heavy atom. The summed E-state index contributed by atoms with van der Waals surface area (Å²) in [7, 11) is -2.34. The van der Waals surface area contributed by atoms with Gasteiger partial charge in [-0.3, -0.25) is 9.59 Å². The third kappa shape index (κ3) is 6.41. The van der Waals surface area contributed by atoms with E-state index in [9.17, 15) is 18.0 Å². The van der Waals surface area contributed by atoms with E-state index in [0.29, 0.717) is 18.0 Å². The highest BCUT2D eigenvalue weighted by atomic mass is 32.2. The van der Waals surface area contributed by atoms with Crippen molar-refractivity contribution in [2.45, 2.75) is 19.6 Å².